The number of para-hydroxylation sites is 1. The summed E-state index contributed by atoms with van der Waals surface area (Å²) in [5.74, 6) is -0.714. The predicted octanol–water partition coefficient (Wildman–Crippen LogP) is 3.01. The Kier molecular flexibility index (Phi) is 4.74. The predicted molar refractivity (Wildman–Crippen MR) is 117 cm³/mol. The number of carboxylic acid groups (broad SMARTS) is 1. The van der Waals surface area contributed by atoms with Crippen LogP contribution in [0.1, 0.15) is 29.0 Å². The Labute approximate surface area is 184 Å². The first kappa shape index (κ1) is 20.3. The fourth-order valence-corrected chi connectivity index (χ4v) is 4.62. The molecule has 5 rings (SSSR count). The van der Waals surface area contributed by atoms with Gasteiger partial charge < -0.3 is 14.7 Å². The number of carbonyl (C=O) groups is 1. The number of sulfone groups is 1. The molecule has 0 radical (unpaired) electrons. The third kappa shape index (κ3) is 3.62. The minimum absolute atomic E-state index is 0.118. The molecule has 2 aliphatic rings. The van der Waals surface area contributed by atoms with Gasteiger partial charge >= 0.3 is 5.97 Å². The van der Waals surface area contributed by atoms with Crippen molar-refractivity contribution in [1.29, 1.82) is 0 Å². The first-order valence-electron chi connectivity index (χ1n) is 10.1. The Balaban J connectivity index is 1.44. The Morgan fingerprint density at radius 1 is 1.16 bits per heavy atom. The highest BCUT2D eigenvalue weighted by Gasteiger charge is 2.35. The Morgan fingerprint density at radius 2 is 1.84 bits per heavy atom. The molecule has 0 unspecified atom stereocenters. The molecule has 0 saturated heterocycles. The summed E-state index contributed by atoms with van der Waals surface area (Å²) in [5, 5.41) is 17.2. The molecule has 3 heterocycles. The molecule has 10 heteroatoms. The van der Waals surface area contributed by atoms with Crippen molar-refractivity contribution in [2.45, 2.75) is 31.9 Å². The van der Waals surface area contributed by atoms with Gasteiger partial charge in [-0.15, -0.1) is 0 Å². The third-order valence-electron chi connectivity index (χ3n) is 5.63. The molecule has 1 fully saturated rings. The molecule has 9 nitrogen and oxygen atoms in total. The van der Waals surface area contributed by atoms with Crippen LogP contribution in [0, 0.1) is 6.92 Å². The number of fused-ring (bicyclic) bond motifs is 1. The lowest BCUT2D eigenvalue weighted by atomic mass is 9.88. The van der Waals surface area contributed by atoms with Gasteiger partial charge in [-0.1, -0.05) is 18.2 Å². The SMILES string of the molecule is Cc1nn(-c2ccccc2)c2nc(C(=O)O)cc(OC3CC(N4C=CS(=O)(=O)C=C4)C3)c12. The minimum atomic E-state index is -3.26. The van der Waals surface area contributed by atoms with Crippen LogP contribution in [0.3, 0.4) is 0 Å². The number of carboxylic acids is 1. The van der Waals surface area contributed by atoms with Gasteiger partial charge in [0.05, 0.1) is 27.6 Å². The van der Waals surface area contributed by atoms with Crippen LogP contribution in [0.5, 0.6) is 5.75 Å². The molecule has 32 heavy (non-hydrogen) atoms. The summed E-state index contributed by atoms with van der Waals surface area (Å²) in [4.78, 5) is 17.9. The van der Waals surface area contributed by atoms with Crippen LogP contribution in [-0.4, -0.2) is 51.3 Å². The summed E-state index contributed by atoms with van der Waals surface area (Å²) in [7, 11) is -3.26. The molecular formula is C22H20N4O5S. The van der Waals surface area contributed by atoms with E-state index in [0.29, 0.717) is 35.3 Å². The van der Waals surface area contributed by atoms with Gasteiger partial charge in [0, 0.05) is 37.3 Å². The molecule has 1 aliphatic heterocycles. The van der Waals surface area contributed by atoms with Crippen molar-refractivity contribution in [2.75, 3.05) is 0 Å². The molecule has 1 aromatic carbocycles. The summed E-state index contributed by atoms with van der Waals surface area (Å²) in [6, 6.07) is 10.9. The van der Waals surface area contributed by atoms with Gasteiger partial charge in [0.15, 0.2) is 21.2 Å². The number of nitrogens with zero attached hydrogens (tertiary/aromatic N) is 4. The number of hydrogen-bond acceptors (Lipinski definition) is 7. The number of hydrogen-bond donors (Lipinski definition) is 1. The van der Waals surface area contributed by atoms with Crippen LogP contribution >= 0.6 is 0 Å². The fraction of sp³-hybridized carbons (Fsp3) is 0.227. The van der Waals surface area contributed by atoms with Crippen molar-refractivity contribution in [1.82, 2.24) is 19.7 Å². The zero-order valence-corrected chi connectivity index (χ0v) is 17.9. The van der Waals surface area contributed by atoms with E-state index in [1.165, 1.54) is 16.9 Å². The van der Waals surface area contributed by atoms with E-state index >= 15 is 0 Å². The second-order valence-corrected chi connectivity index (χ2v) is 9.54. The van der Waals surface area contributed by atoms with Crippen LogP contribution < -0.4 is 4.74 Å². The van der Waals surface area contributed by atoms with Gasteiger partial charge in [0.25, 0.3) is 0 Å². The molecule has 1 aliphatic carbocycles. The van der Waals surface area contributed by atoms with Gasteiger partial charge in [0.1, 0.15) is 11.9 Å². The van der Waals surface area contributed by atoms with E-state index in [-0.39, 0.29) is 17.8 Å². The summed E-state index contributed by atoms with van der Waals surface area (Å²) < 4.78 is 30.8. The zero-order valence-electron chi connectivity index (χ0n) is 17.1. The lowest BCUT2D eigenvalue weighted by Crippen LogP contribution is -2.45. The van der Waals surface area contributed by atoms with E-state index in [1.54, 1.807) is 17.1 Å². The van der Waals surface area contributed by atoms with Crippen molar-refractivity contribution in [3.8, 4) is 11.4 Å². The Morgan fingerprint density at radius 3 is 2.50 bits per heavy atom. The number of aromatic carboxylic acids is 1. The largest absolute Gasteiger partial charge is 0.489 e. The lowest BCUT2D eigenvalue weighted by molar-refractivity contribution is 0.0554. The number of rotatable bonds is 5. The maximum atomic E-state index is 11.7. The highest BCUT2D eigenvalue weighted by Crippen LogP contribution is 2.36. The molecule has 1 N–H and O–H groups in total. The van der Waals surface area contributed by atoms with Crippen molar-refractivity contribution in [3.63, 3.8) is 0 Å². The van der Waals surface area contributed by atoms with E-state index in [0.717, 1.165) is 5.69 Å². The second-order valence-electron chi connectivity index (χ2n) is 7.81. The molecule has 2 aromatic heterocycles. The van der Waals surface area contributed by atoms with Crippen LogP contribution in [-0.2, 0) is 9.84 Å². The zero-order chi connectivity index (χ0) is 22.5. The van der Waals surface area contributed by atoms with Gasteiger partial charge in [-0.3, -0.25) is 0 Å². The normalized spacial score (nSPS) is 21.5. The average Bonchev–Trinajstić information content (AvgIpc) is 3.08. The summed E-state index contributed by atoms with van der Waals surface area (Å²) >= 11 is 0. The Bertz CT molecular complexity index is 1350. The third-order valence-corrected chi connectivity index (χ3v) is 6.63. The standard InChI is InChI=1S/C22H20N4O5S/c1-14-20-19(31-17-11-16(12-17)25-7-9-32(29,30)10-8-25)13-18(22(27)28)23-21(20)26(24-14)15-5-3-2-4-6-15/h2-10,13,16-17H,11-12H2,1H3,(H,27,28). The number of ether oxygens (including phenoxy) is 1. The van der Waals surface area contributed by atoms with Crippen molar-refractivity contribution in [2.24, 2.45) is 0 Å². The van der Waals surface area contributed by atoms with Crippen LogP contribution in [0.25, 0.3) is 16.7 Å². The van der Waals surface area contributed by atoms with Gasteiger partial charge in [-0.05, 0) is 19.1 Å². The molecule has 0 amide bonds. The first-order valence-corrected chi connectivity index (χ1v) is 11.7. The Hall–Kier alpha value is -3.66. The molecule has 3 aromatic rings. The molecule has 164 valence electrons. The number of aryl methyl sites for hydroxylation is 1. The molecule has 0 bridgehead atoms. The van der Waals surface area contributed by atoms with E-state index < -0.39 is 15.8 Å². The molecule has 0 atom stereocenters. The highest BCUT2D eigenvalue weighted by molar-refractivity contribution is 7.97. The van der Waals surface area contributed by atoms with Crippen molar-refractivity contribution in [3.05, 3.63) is 71.0 Å². The molecule has 0 spiro atoms. The van der Waals surface area contributed by atoms with Crippen LogP contribution in [0.4, 0.5) is 0 Å². The maximum absolute atomic E-state index is 11.7. The molecular weight excluding hydrogens is 432 g/mol. The van der Waals surface area contributed by atoms with Crippen LogP contribution in [0.15, 0.2) is 59.6 Å². The van der Waals surface area contributed by atoms with Crippen molar-refractivity contribution >= 4 is 26.8 Å². The van der Waals surface area contributed by atoms with Gasteiger partial charge in [0.2, 0.25) is 0 Å². The number of pyridine rings is 1. The summed E-state index contributed by atoms with van der Waals surface area (Å²) in [5.41, 5.74) is 1.76. The maximum Gasteiger partial charge on any atom is 0.354 e. The van der Waals surface area contributed by atoms with Crippen molar-refractivity contribution < 1.29 is 23.1 Å². The minimum Gasteiger partial charge on any atom is -0.489 e. The van der Waals surface area contributed by atoms with E-state index in [4.69, 9.17) is 4.74 Å². The topological polar surface area (TPSA) is 115 Å². The van der Waals surface area contributed by atoms with E-state index in [2.05, 4.69) is 10.1 Å². The quantitative estimate of drug-likeness (QED) is 0.628. The number of aromatic nitrogens is 3. The van der Waals surface area contributed by atoms with Crippen LogP contribution in [0.2, 0.25) is 0 Å². The fourth-order valence-electron chi connectivity index (χ4n) is 3.91. The summed E-state index contributed by atoms with van der Waals surface area (Å²) in [6.07, 6.45) is 4.32. The molecule has 1 saturated carbocycles. The smallest absolute Gasteiger partial charge is 0.354 e. The van der Waals surface area contributed by atoms with Gasteiger partial charge in [-0.25, -0.2) is 22.9 Å². The highest BCUT2D eigenvalue weighted by atomic mass is 32.2. The van der Waals surface area contributed by atoms with E-state index in [1.807, 2.05) is 42.2 Å². The number of benzene rings is 1. The van der Waals surface area contributed by atoms with E-state index in [9.17, 15) is 18.3 Å². The second kappa shape index (κ2) is 7.49. The summed E-state index contributed by atoms with van der Waals surface area (Å²) in [6.45, 7) is 1.84. The monoisotopic (exact) mass is 452 g/mol. The first-order chi connectivity index (χ1) is 15.3. The van der Waals surface area contributed by atoms with Gasteiger partial charge in [-0.2, -0.15) is 5.10 Å². The average molecular weight is 452 g/mol. The lowest BCUT2D eigenvalue weighted by Gasteiger charge is -2.41.